The van der Waals surface area contributed by atoms with Crippen LogP contribution >= 0.6 is 11.6 Å². The molecule has 0 radical (unpaired) electrons. The molecule has 3 nitrogen and oxygen atoms in total. The Balaban J connectivity index is 3.71. The Morgan fingerprint density at radius 1 is 1.70 bits per heavy atom. The minimum absolute atomic E-state index is 0.161. The van der Waals surface area contributed by atoms with Crippen LogP contribution in [0.25, 0.3) is 0 Å². The second-order valence-electron chi connectivity index (χ2n) is 2.25. The van der Waals surface area contributed by atoms with Crippen LogP contribution < -0.4 is 0 Å². The quantitative estimate of drug-likeness (QED) is 0.534. The summed E-state index contributed by atoms with van der Waals surface area (Å²) in [7, 11) is 0. The first-order valence-electron chi connectivity index (χ1n) is 2.92. The molecule has 0 saturated carbocycles. The molecule has 0 aliphatic carbocycles. The molecule has 0 heterocycles. The van der Waals surface area contributed by atoms with E-state index in [1.54, 1.807) is 0 Å². The summed E-state index contributed by atoms with van der Waals surface area (Å²) in [4.78, 5) is 0. The van der Waals surface area contributed by atoms with Crippen molar-refractivity contribution in [3.05, 3.63) is 0 Å². The Labute approximate surface area is 68.2 Å². The second kappa shape index (κ2) is 5.07. The summed E-state index contributed by atoms with van der Waals surface area (Å²) in [5, 5.41) is 0. The molecule has 5 heteroatoms. The lowest BCUT2D eigenvalue weighted by atomic mass is 10.1. The smallest absolute Gasteiger partial charge is 0.284 e. The van der Waals surface area contributed by atoms with Crippen LogP contribution in [0, 0.1) is 5.92 Å². The van der Waals surface area contributed by atoms with Gasteiger partial charge in [-0.3, -0.25) is 8.74 Å². The first kappa shape index (κ1) is 10.4. The van der Waals surface area contributed by atoms with Crippen molar-refractivity contribution in [3.63, 3.8) is 0 Å². The van der Waals surface area contributed by atoms with E-state index in [1.807, 2.05) is 13.8 Å². The van der Waals surface area contributed by atoms with Gasteiger partial charge in [0.2, 0.25) is 0 Å². The van der Waals surface area contributed by atoms with Crippen molar-refractivity contribution in [2.75, 3.05) is 5.88 Å². The molecule has 1 N–H and O–H groups in total. The molecule has 0 aliphatic rings. The van der Waals surface area contributed by atoms with E-state index in [4.69, 9.17) is 16.2 Å². The van der Waals surface area contributed by atoms with Gasteiger partial charge in [-0.15, -0.1) is 11.6 Å². The molecule has 0 fully saturated rings. The predicted octanol–water partition coefficient (Wildman–Crippen LogP) is 1.40. The SMILES string of the molecule is CC(C)C(CCl)OS(=O)O. The molecular weight excluding hydrogens is 176 g/mol. The van der Waals surface area contributed by atoms with Crippen molar-refractivity contribution < 1.29 is 12.9 Å². The van der Waals surface area contributed by atoms with Crippen LogP contribution in [0.15, 0.2) is 0 Å². The predicted molar refractivity (Wildman–Crippen MR) is 41.2 cm³/mol. The van der Waals surface area contributed by atoms with Crippen LogP contribution in [-0.2, 0) is 15.5 Å². The number of halogens is 1. The topological polar surface area (TPSA) is 46.5 Å². The fourth-order valence-electron chi connectivity index (χ4n) is 0.421. The number of hydrogen-bond acceptors (Lipinski definition) is 2. The van der Waals surface area contributed by atoms with E-state index < -0.39 is 11.4 Å². The average molecular weight is 187 g/mol. The zero-order valence-corrected chi connectivity index (χ0v) is 7.48. The van der Waals surface area contributed by atoms with Gasteiger partial charge in [-0.2, -0.15) is 4.21 Å². The zero-order valence-electron chi connectivity index (χ0n) is 5.91. The van der Waals surface area contributed by atoms with E-state index in [0.29, 0.717) is 0 Å². The van der Waals surface area contributed by atoms with Gasteiger partial charge in [-0.1, -0.05) is 13.8 Å². The Morgan fingerprint density at radius 2 is 2.20 bits per heavy atom. The number of hydrogen-bond donors (Lipinski definition) is 1. The van der Waals surface area contributed by atoms with Crippen LogP contribution in [0.2, 0.25) is 0 Å². The molecule has 2 atom stereocenters. The third kappa shape index (κ3) is 4.22. The first-order valence-corrected chi connectivity index (χ1v) is 4.48. The van der Waals surface area contributed by atoms with Crippen molar-refractivity contribution in [1.82, 2.24) is 0 Å². The third-order valence-electron chi connectivity index (χ3n) is 1.10. The molecule has 0 saturated heterocycles. The standard InChI is InChI=1S/C5H11ClO3S/c1-4(2)5(3-6)9-10(7)8/h4-5H,3H2,1-2H3,(H,7,8). The molecule has 0 amide bonds. The Morgan fingerprint density at radius 3 is 2.30 bits per heavy atom. The van der Waals surface area contributed by atoms with E-state index >= 15 is 0 Å². The molecule has 0 rings (SSSR count). The molecule has 10 heavy (non-hydrogen) atoms. The summed E-state index contributed by atoms with van der Waals surface area (Å²) in [6.45, 7) is 3.75. The number of alkyl halides is 1. The maximum absolute atomic E-state index is 10.1. The Hall–Kier alpha value is 0.360. The lowest BCUT2D eigenvalue weighted by Gasteiger charge is -2.14. The molecule has 0 bridgehead atoms. The largest absolute Gasteiger partial charge is 0.302 e. The lowest BCUT2D eigenvalue weighted by Crippen LogP contribution is -2.22. The van der Waals surface area contributed by atoms with E-state index in [1.165, 1.54) is 0 Å². The Bertz CT molecular complexity index is 117. The van der Waals surface area contributed by atoms with Gasteiger partial charge >= 0.3 is 11.4 Å². The van der Waals surface area contributed by atoms with E-state index in [0.717, 1.165) is 0 Å². The fraction of sp³-hybridized carbons (Fsp3) is 1.00. The fourth-order valence-corrected chi connectivity index (χ4v) is 1.42. The molecular formula is C5H11ClO3S. The van der Waals surface area contributed by atoms with Gasteiger partial charge in [-0.25, -0.2) is 0 Å². The molecule has 0 aliphatic heterocycles. The van der Waals surface area contributed by atoms with Gasteiger partial charge in [-0.05, 0) is 5.92 Å². The van der Waals surface area contributed by atoms with Gasteiger partial charge < -0.3 is 0 Å². The summed E-state index contributed by atoms with van der Waals surface area (Å²) in [6, 6.07) is 0. The van der Waals surface area contributed by atoms with Crippen LogP contribution in [0.4, 0.5) is 0 Å². The van der Waals surface area contributed by atoms with Crippen molar-refractivity contribution >= 4 is 23.0 Å². The van der Waals surface area contributed by atoms with Crippen LogP contribution in [0.1, 0.15) is 13.8 Å². The minimum atomic E-state index is -2.20. The summed E-state index contributed by atoms with van der Waals surface area (Å²) in [5.41, 5.74) is 0. The highest BCUT2D eigenvalue weighted by atomic mass is 35.5. The van der Waals surface area contributed by atoms with Crippen LogP contribution in [0.5, 0.6) is 0 Å². The van der Waals surface area contributed by atoms with E-state index in [2.05, 4.69) is 4.18 Å². The molecule has 62 valence electrons. The highest BCUT2D eigenvalue weighted by Gasteiger charge is 2.14. The monoisotopic (exact) mass is 186 g/mol. The zero-order chi connectivity index (χ0) is 8.15. The summed E-state index contributed by atoms with van der Waals surface area (Å²) in [5.74, 6) is 0.401. The lowest BCUT2D eigenvalue weighted by molar-refractivity contribution is 0.176. The third-order valence-corrected chi connectivity index (χ3v) is 1.82. The highest BCUT2D eigenvalue weighted by Crippen LogP contribution is 2.08. The van der Waals surface area contributed by atoms with Gasteiger partial charge in [0, 0.05) is 0 Å². The van der Waals surface area contributed by atoms with Gasteiger partial charge in [0.05, 0.1) is 12.0 Å². The van der Waals surface area contributed by atoms with Gasteiger partial charge in [0.25, 0.3) is 0 Å². The van der Waals surface area contributed by atoms with Crippen LogP contribution in [0.3, 0.4) is 0 Å². The molecule has 0 aromatic rings. The van der Waals surface area contributed by atoms with Crippen molar-refractivity contribution in [2.24, 2.45) is 5.92 Å². The normalized spacial score (nSPS) is 17.3. The van der Waals surface area contributed by atoms with Crippen molar-refractivity contribution in [1.29, 1.82) is 0 Å². The molecule has 0 aromatic heterocycles. The average Bonchev–Trinajstić information content (AvgIpc) is 1.81. The molecule has 2 unspecified atom stereocenters. The van der Waals surface area contributed by atoms with Crippen LogP contribution in [-0.4, -0.2) is 20.7 Å². The molecule has 0 spiro atoms. The first-order chi connectivity index (χ1) is 4.57. The van der Waals surface area contributed by atoms with Crippen molar-refractivity contribution in [3.8, 4) is 0 Å². The van der Waals surface area contributed by atoms with Gasteiger partial charge in [0.1, 0.15) is 0 Å². The maximum atomic E-state index is 10.1. The molecule has 0 aromatic carbocycles. The summed E-state index contributed by atoms with van der Waals surface area (Å²) < 4.78 is 23.0. The minimum Gasteiger partial charge on any atom is -0.284 e. The second-order valence-corrected chi connectivity index (χ2v) is 3.19. The maximum Gasteiger partial charge on any atom is 0.302 e. The van der Waals surface area contributed by atoms with E-state index in [9.17, 15) is 4.21 Å². The highest BCUT2D eigenvalue weighted by molar-refractivity contribution is 7.74. The van der Waals surface area contributed by atoms with E-state index in [-0.39, 0.29) is 17.9 Å². The van der Waals surface area contributed by atoms with Crippen molar-refractivity contribution in [2.45, 2.75) is 20.0 Å². The number of rotatable bonds is 4. The van der Waals surface area contributed by atoms with Gasteiger partial charge in [0.15, 0.2) is 0 Å². The Kier molecular flexibility index (Phi) is 5.25. The summed E-state index contributed by atoms with van der Waals surface area (Å²) in [6.07, 6.45) is -0.340. The summed E-state index contributed by atoms with van der Waals surface area (Å²) >= 11 is 3.24.